The van der Waals surface area contributed by atoms with Gasteiger partial charge < -0.3 is 24.6 Å². The van der Waals surface area contributed by atoms with Crippen molar-refractivity contribution in [3.05, 3.63) is 92.7 Å². The highest BCUT2D eigenvalue weighted by molar-refractivity contribution is 7.93. The number of alkyl halides is 3. The van der Waals surface area contributed by atoms with Gasteiger partial charge in [-0.25, -0.2) is 18.4 Å². The molecule has 21 heteroatoms. The molecule has 2 saturated heterocycles. The Hall–Kier alpha value is -5.60. The molecule has 0 unspecified atom stereocenters. The minimum absolute atomic E-state index is 0.00576. The summed E-state index contributed by atoms with van der Waals surface area (Å²) in [5, 5.41) is 16.9. The zero-order valence-electron chi connectivity index (χ0n) is 29.3. The average Bonchev–Trinajstić information content (AvgIpc) is 3.84. The summed E-state index contributed by atoms with van der Waals surface area (Å²) in [7, 11) is -3.50. The smallest absolute Gasteiger partial charge is 0.416 e. The number of aromatic nitrogens is 6. The van der Waals surface area contributed by atoms with E-state index >= 15 is 0 Å². The minimum Gasteiger partial charge on any atom is -0.505 e. The largest absolute Gasteiger partial charge is 0.505 e. The first-order chi connectivity index (χ1) is 26.6. The molecule has 1 aromatic carbocycles. The maximum absolute atomic E-state index is 14.5. The summed E-state index contributed by atoms with van der Waals surface area (Å²) in [5.41, 5.74) is -2.17. The van der Waals surface area contributed by atoms with Gasteiger partial charge in [0.25, 0.3) is 11.5 Å². The third kappa shape index (κ3) is 6.40. The Kier molecular flexibility index (Phi) is 9.04. The summed E-state index contributed by atoms with van der Waals surface area (Å²) in [4.78, 5) is 55.9. The number of carbonyl (C=O) groups is 2. The van der Waals surface area contributed by atoms with Gasteiger partial charge in [-0.3, -0.25) is 18.7 Å². The van der Waals surface area contributed by atoms with Crippen molar-refractivity contribution in [2.24, 2.45) is 0 Å². The Morgan fingerprint density at radius 1 is 1.11 bits per heavy atom. The van der Waals surface area contributed by atoms with E-state index in [-0.39, 0.29) is 83.4 Å². The monoisotopic (exact) mass is 813 g/mol. The van der Waals surface area contributed by atoms with E-state index < -0.39 is 57.4 Å². The van der Waals surface area contributed by atoms with Gasteiger partial charge in [0.1, 0.15) is 23.7 Å². The Labute approximate surface area is 320 Å². The number of piperidine rings is 1. The van der Waals surface area contributed by atoms with Crippen LogP contribution in [0, 0.1) is 0 Å². The Morgan fingerprint density at radius 2 is 1.88 bits per heavy atom. The van der Waals surface area contributed by atoms with Crippen molar-refractivity contribution in [3.63, 3.8) is 0 Å². The van der Waals surface area contributed by atoms with Gasteiger partial charge in [0.05, 0.1) is 39.4 Å². The first kappa shape index (κ1) is 37.3. The first-order valence-corrected chi connectivity index (χ1v) is 19.3. The fourth-order valence-corrected chi connectivity index (χ4v) is 9.24. The van der Waals surface area contributed by atoms with E-state index in [1.165, 1.54) is 44.4 Å². The number of amides is 2. The molecule has 2 amide bonds. The third-order valence-electron chi connectivity index (χ3n) is 10.1. The molecule has 3 aliphatic rings. The normalized spacial score (nSPS) is 18.8. The topological polar surface area (TPSA) is 194 Å². The Balaban J connectivity index is 1.18. The van der Waals surface area contributed by atoms with Crippen LogP contribution in [0.2, 0.25) is 5.02 Å². The SMILES string of the molecule is C[C@H]1OC2(CCN(C(=O)c3ncccc3O)CC2)c2c1n(CC(=O)Nc1ccc(C(F)(F)F)cc1Cl)c1nc(-c3ccc(N4CCCS4(=O)=O)nc3)nn1c2=O. The van der Waals surface area contributed by atoms with E-state index in [9.17, 15) is 41.1 Å². The van der Waals surface area contributed by atoms with Crippen LogP contribution >= 0.6 is 11.6 Å². The second-order valence-corrected chi connectivity index (χ2v) is 16.0. The molecule has 7 heterocycles. The van der Waals surface area contributed by atoms with Gasteiger partial charge in [-0.1, -0.05) is 11.6 Å². The van der Waals surface area contributed by atoms with E-state index in [2.05, 4.69) is 25.4 Å². The Bertz CT molecular complexity index is 2590. The summed E-state index contributed by atoms with van der Waals surface area (Å²) < 4.78 is 75.0. The molecule has 56 heavy (non-hydrogen) atoms. The van der Waals surface area contributed by atoms with Gasteiger partial charge in [0, 0.05) is 37.6 Å². The van der Waals surface area contributed by atoms with Crippen LogP contribution in [0.3, 0.4) is 0 Å². The van der Waals surface area contributed by atoms with E-state index in [1.54, 1.807) is 13.0 Å². The summed E-state index contributed by atoms with van der Waals surface area (Å²) in [6.07, 6.45) is -1.90. The molecule has 2 N–H and O–H groups in total. The number of nitrogens with one attached hydrogen (secondary N) is 1. The van der Waals surface area contributed by atoms with Crippen LogP contribution in [0.5, 0.6) is 5.75 Å². The van der Waals surface area contributed by atoms with E-state index in [0.717, 1.165) is 16.6 Å². The van der Waals surface area contributed by atoms with Crippen molar-refractivity contribution in [2.75, 3.05) is 35.0 Å². The van der Waals surface area contributed by atoms with Gasteiger partial charge in [-0.05, 0) is 68.7 Å². The molecule has 4 aromatic heterocycles. The van der Waals surface area contributed by atoms with Gasteiger partial charge in [0.15, 0.2) is 11.5 Å². The van der Waals surface area contributed by atoms with Crippen LogP contribution in [0.1, 0.15) is 59.6 Å². The fraction of sp³-hybridized carbons (Fsp3) is 0.343. The number of carbonyl (C=O) groups excluding carboxylic acids is 2. The van der Waals surface area contributed by atoms with Crippen LogP contribution in [0.25, 0.3) is 17.2 Å². The summed E-state index contributed by atoms with van der Waals surface area (Å²) in [5.74, 6) is -1.30. The molecule has 292 valence electrons. The van der Waals surface area contributed by atoms with Gasteiger partial charge in [-0.15, -0.1) is 5.10 Å². The molecule has 16 nitrogen and oxygen atoms in total. The lowest BCUT2D eigenvalue weighted by atomic mass is 9.85. The second kappa shape index (κ2) is 13.6. The average molecular weight is 814 g/mol. The van der Waals surface area contributed by atoms with Crippen molar-refractivity contribution < 1.29 is 41.0 Å². The highest BCUT2D eigenvalue weighted by atomic mass is 35.5. The third-order valence-corrected chi connectivity index (χ3v) is 12.3. The van der Waals surface area contributed by atoms with Crippen LogP contribution in [-0.2, 0) is 37.9 Å². The molecule has 0 radical (unpaired) electrons. The Morgan fingerprint density at radius 3 is 2.52 bits per heavy atom. The number of sulfonamides is 1. The lowest BCUT2D eigenvalue weighted by Crippen LogP contribution is -2.47. The van der Waals surface area contributed by atoms with Gasteiger partial charge in [-0.2, -0.15) is 22.7 Å². The number of rotatable bonds is 6. The van der Waals surface area contributed by atoms with Crippen molar-refractivity contribution in [1.29, 1.82) is 0 Å². The standard InChI is InChI=1S/C35H31ClF3N9O7S/c1-19-29-27(34(55-19)9-13-45(14-10-34)32(52)28-24(49)4-2-11-40-28)31(51)48-33(46(29)18-26(50)42-23-7-6-21(16-22(23)36)35(37,38)39)43-30(44-48)20-5-8-25(41-17-20)47-12-3-15-56(47,53)54/h2,4-8,11,16-17,19,49H,3,9-10,12-15,18H2,1H3,(H,42,50)/t19-/m1/s1. The van der Waals surface area contributed by atoms with Crippen LogP contribution < -0.4 is 15.2 Å². The zero-order chi connectivity index (χ0) is 39.7. The zero-order valence-corrected chi connectivity index (χ0v) is 30.9. The highest BCUT2D eigenvalue weighted by Gasteiger charge is 2.50. The van der Waals surface area contributed by atoms with Gasteiger partial charge >= 0.3 is 6.18 Å². The highest BCUT2D eigenvalue weighted by Crippen LogP contribution is 2.48. The van der Waals surface area contributed by atoms with E-state index in [1.807, 2.05) is 0 Å². The second-order valence-electron chi connectivity index (χ2n) is 13.6. The maximum Gasteiger partial charge on any atom is 0.416 e. The number of anilines is 2. The molecular weight excluding hydrogens is 783 g/mol. The summed E-state index contributed by atoms with van der Waals surface area (Å²) in [6.45, 7) is 1.72. The van der Waals surface area contributed by atoms with Crippen molar-refractivity contribution >= 4 is 50.7 Å². The van der Waals surface area contributed by atoms with Crippen molar-refractivity contribution in [3.8, 4) is 17.1 Å². The molecule has 0 aliphatic carbocycles. The number of hydrogen-bond donors (Lipinski definition) is 2. The number of nitrogens with zero attached hydrogens (tertiary/aromatic N) is 8. The van der Waals surface area contributed by atoms with E-state index in [0.29, 0.717) is 23.7 Å². The number of benzene rings is 1. The van der Waals surface area contributed by atoms with E-state index in [4.69, 9.17) is 16.3 Å². The molecule has 0 saturated carbocycles. The number of aromatic hydroxyl groups is 1. The molecule has 5 aromatic rings. The number of fused-ring (bicyclic) bond motifs is 3. The van der Waals surface area contributed by atoms with Crippen LogP contribution in [-0.4, -0.2) is 84.8 Å². The summed E-state index contributed by atoms with van der Waals surface area (Å²) >= 11 is 6.14. The molecule has 1 atom stereocenters. The molecule has 1 spiro atoms. The molecule has 8 rings (SSSR count). The number of ether oxygens (including phenoxy) is 1. The van der Waals surface area contributed by atoms with Crippen LogP contribution in [0.15, 0.2) is 59.7 Å². The predicted octanol–water partition coefficient (Wildman–Crippen LogP) is 4.13. The molecule has 0 bridgehead atoms. The molecule has 2 fully saturated rings. The van der Waals surface area contributed by atoms with Crippen molar-refractivity contribution in [1.82, 2.24) is 34.0 Å². The van der Waals surface area contributed by atoms with Crippen LogP contribution in [0.4, 0.5) is 24.7 Å². The number of hydrogen-bond acceptors (Lipinski definition) is 11. The maximum atomic E-state index is 14.5. The fourth-order valence-electron chi connectivity index (χ4n) is 7.49. The first-order valence-electron chi connectivity index (χ1n) is 17.3. The van der Waals surface area contributed by atoms with Crippen molar-refractivity contribution in [2.45, 2.75) is 50.6 Å². The number of likely N-dealkylation sites (tertiary alicyclic amines) is 1. The lowest BCUT2D eigenvalue weighted by molar-refractivity contribution is -0.137. The molecular formula is C35H31ClF3N9O7S. The molecule has 3 aliphatic heterocycles. The predicted molar refractivity (Wildman–Crippen MR) is 194 cm³/mol. The number of pyridine rings is 2. The lowest BCUT2D eigenvalue weighted by Gasteiger charge is -2.39. The minimum atomic E-state index is -4.66. The number of halogens is 4. The van der Waals surface area contributed by atoms with Gasteiger partial charge in [0.2, 0.25) is 21.7 Å². The quantitative estimate of drug-likeness (QED) is 0.250. The summed E-state index contributed by atoms with van der Waals surface area (Å²) in [6, 6.07) is 8.43.